The zero-order valence-electron chi connectivity index (χ0n) is 13.8. The van der Waals surface area contributed by atoms with E-state index in [2.05, 4.69) is 26.0 Å². The molecule has 0 aliphatic heterocycles. The largest absolute Gasteiger partial charge is 0.478 e. The summed E-state index contributed by atoms with van der Waals surface area (Å²) in [6, 6.07) is 0. The van der Waals surface area contributed by atoms with Crippen LogP contribution in [0.25, 0.3) is 0 Å². The Morgan fingerprint density at radius 2 is 1.95 bits per heavy atom. The average Bonchev–Trinajstić information content (AvgIpc) is 2.88. The second-order valence-corrected chi connectivity index (χ2v) is 8.77. The smallest absolute Gasteiger partial charge is 0.335 e. The lowest BCUT2D eigenvalue weighted by Crippen LogP contribution is -2.50. The molecule has 4 aliphatic carbocycles. The van der Waals surface area contributed by atoms with Crippen LogP contribution in [0, 0.1) is 34.5 Å². The number of carboxylic acid groups (broad SMARTS) is 1. The third-order valence-electron chi connectivity index (χ3n) is 7.88. The van der Waals surface area contributed by atoms with Gasteiger partial charge in [-0.2, -0.15) is 0 Å². The lowest BCUT2D eigenvalue weighted by molar-refractivity contribution is -0.132. The monoisotopic (exact) mass is 300 g/mol. The van der Waals surface area contributed by atoms with Gasteiger partial charge in [-0.05, 0) is 73.0 Å². The van der Waals surface area contributed by atoms with Gasteiger partial charge in [0.25, 0.3) is 0 Å². The van der Waals surface area contributed by atoms with Crippen LogP contribution in [0.5, 0.6) is 0 Å². The highest BCUT2D eigenvalue weighted by Crippen LogP contribution is 2.64. The van der Waals surface area contributed by atoms with Crippen LogP contribution in [-0.4, -0.2) is 11.1 Å². The van der Waals surface area contributed by atoms with Crippen molar-refractivity contribution in [2.24, 2.45) is 34.5 Å². The maximum Gasteiger partial charge on any atom is 0.335 e. The molecule has 0 aromatic rings. The zero-order valence-corrected chi connectivity index (χ0v) is 13.8. The molecule has 3 fully saturated rings. The third kappa shape index (κ3) is 1.88. The molecule has 2 nitrogen and oxygen atoms in total. The van der Waals surface area contributed by atoms with E-state index in [-0.39, 0.29) is 5.41 Å². The second kappa shape index (κ2) is 4.72. The molecule has 4 rings (SSSR count). The predicted octanol–water partition coefficient (Wildman–Crippen LogP) is 4.82. The van der Waals surface area contributed by atoms with Gasteiger partial charge in [0.2, 0.25) is 0 Å². The number of allylic oxidation sites excluding steroid dienone is 2. The van der Waals surface area contributed by atoms with Gasteiger partial charge in [0.05, 0.1) is 5.57 Å². The van der Waals surface area contributed by atoms with E-state index in [1.54, 1.807) is 0 Å². The molecule has 4 aliphatic rings. The highest BCUT2D eigenvalue weighted by atomic mass is 16.4. The third-order valence-corrected chi connectivity index (χ3v) is 7.88. The molecule has 120 valence electrons. The minimum atomic E-state index is -0.771. The van der Waals surface area contributed by atoms with Crippen molar-refractivity contribution < 1.29 is 9.90 Å². The molecule has 0 saturated heterocycles. The molecule has 2 heteroatoms. The van der Waals surface area contributed by atoms with Crippen LogP contribution in [0.2, 0.25) is 0 Å². The van der Waals surface area contributed by atoms with Crippen molar-refractivity contribution in [3.8, 4) is 0 Å². The van der Waals surface area contributed by atoms with Crippen LogP contribution in [0.15, 0.2) is 23.8 Å². The summed E-state index contributed by atoms with van der Waals surface area (Å²) in [5.74, 6) is 2.20. The normalized spacial score (nSPS) is 49.8. The Kier molecular flexibility index (Phi) is 3.12. The number of fused-ring (bicyclic) bond motifs is 5. The predicted molar refractivity (Wildman–Crippen MR) is 87.4 cm³/mol. The molecule has 6 atom stereocenters. The number of aliphatic carboxylic acids is 1. The lowest BCUT2D eigenvalue weighted by atomic mass is 9.47. The topological polar surface area (TPSA) is 37.3 Å². The van der Waals surface area contributed by atoms with Crippen molar-refractivity contribution in [3.05, 3.63) is 23.8 Å². The SMILES string of the molecule is C[C@@]12CCC[C@H]1[C@@H]1CCC3C=C(C(=O)O)C=C[C@]3(C)[C@H]1CC2. The van der Waals surface area contributed by atoms with E-state index in [1.165, 1.54) is 44.9 Å². The first kappa shape index (κ1) is 14.5. The maximum absolute atomic E-state index is 11.3. The minimum Gasteiger partial charge on any atom is -0.478 e. The Morgan fingerprint density at radius 3 is 2.73 bits per heavy atom. The minimum absolute atomic E-state index is 0.186. The number of carbonyl (C=O) groups is 1. The molecule has 0 aromatic carbocycles. The summed E-state index contributed by atoms with van der Waals surface area (Å²) in [5, 5.41) is 9.28. The van der Waals surface area contributed by atoms with E-state index >= 15 is 0 Å². The van der Waals surface area contributed by atoms with E-state index < -0.39 is 5.97 Å². The van der Waals surface area contributed by atoms with Gasteiger partial charge in [0.1, 0.15) is 0 Å². The van der Waals surface area contributed by atoms with Gasteiger partial charge < -0.3 is 5.11 Å². The van der Waals surface area contributed by atoms with Gasteiger partial charge in [0, 0.05) is 0 Å². The van der Waals surface area contributed by atoms with Gasteiger partial charge in [-0.3, -0.25) is 0 Å². The van der Waals surface area contributed by atoms with Crippen molar-refractivity contribution in [1.82, 2.24) is 0 Å². The standard InChI is InChI=1S/C20H28O2/c1-19-9-3-4-16(19)15-6-5-14-12-13(18(21)22)7-11-20(14,2)17(15)8-10-19/h7,11-12,14-17H,3-6,8-10H2,1-2H3,(H,21,22)/t14?,15-,16-,17-,19-,20-/m0/s1. The van der Waals surface area contributed by atoms with Crippen molar-refractivity contribution in [2.75, 3.05) is 0 Å². The summed E-state index contributed by atoms with van der Waals surface area (Å²) in [6.45, 7) is 4.94. The van der Waals surface area contributed by atoms with Gasteiger partial charge in [0.15, 0.2) is 0 Å². The summed E-state index contributed by atoms with van der Waals surface area (Å²) < 4.78 is 0. The van der Waals surface area contributed by atoms with Crippen molar-refractivity contribution in [3.63, 3.8) is 0 Å². The Morgan fingerprint density at radius 1 is 1.14 bits per heavy atom. The molecule has 22 heavy (non-hydrogen) atoms. The summed E-state index contributed by atoms with van der Waals surface area (Å²) in [5.41, 5.74) is 1.29. The molecule has 0 radical (unpaired) electrons. The fourth-order valence-electron chi connectivity index (χ4n) is 6.61. The molecule has 0 aromatic heterocycles. The molecular weight excluding hydrogens is 272 g/mol. The Labute approximate surface area is 133 Å². The number of rotatable bonds is 1. The molecule has 0 heterocycles. The highest BCUT2D eigenvalue weighted by Gasteiger charge is 2.56. The van der Waals surface area contributed by atoms with Crippen LogP contribution in [0.3, 0.4) is 0 Å². The first-order chi connectivity index (χ1) is 10.4. The zero-order chi connectivity index (χ0) is 15.5. The number of hydrogen-bond acceptors (Lipinski definition) is 1. The molecule has 0 bridgehead atoms. The summed E-state index contributed by atoms with van der Waals surface area (Å²) in [4.78, 5) is 11.3. The quantitative estimate of drug-likeness (QED) is 0.754. The van der Waals surface area contributed by atoms with Crippen molar-refractivity contribution >= 4 is 5.97 Å². The Bertz CT molecular complexity index is 560. The van der Waals surface area contributed by atoms with Crippen molar-refractivity contribution in [1.29, 1.82) is 0 Å². The van der Waals surface area contributed by atoms with Crippen LogP contribution in [0.4, 0.5) is 0 Å². The molecule has 1 N–H and O–H groups in total. The van der Waals surface area contributed by atoms with Gasteiger partial charge in [-0.25, -0.2) is 4.79 Å². The first-order valence-corrected chi connectivity index (χ1v) is 9.08. The molecule has 1 unspecified atom stereocenters. The lowest BCUT2D eigenvalue weighted by Gasteiger charge is -2.57. The summed E-state index contributed by atoms with van der Waals surface area (Å²) >= 11 is 0. The molecule has 0 amide bonds. The fourth-order valence-corrected chi connectivity index (χ4v) is 6.61. The van der Waals surface area contributed by atoms with Crippen LogP contribution < -0.4 is 0 Å². The fraction of sp³-hybridized carbons (Fsp3) is 0.750. The summed E-state index contributed by atoms with van der Waals surface area (Å²) in [7, 11) is 0. The maximum atomic E-state index is 11.3. The Hall–Kier alpha value is -1.05. The van der Waals surface area contributed by atoms with Gasteiger partial charge in [-0.15, -0.1) is 0 Å². The van der Waals surface area contributed by atoms with E-state index in [0.29, 0.717) is 16.9 Å². The van der Waals surface area contributed by atoms with Gasteiger partial charge >= 0.3 is 5.97 Å². The number of carboxylic acids is 1. The van der Waals surface area contributed by atoms with Crippen LogP contribution in [0.1, 0.15) is 58.8 Å². The van der Waals surface area contributed by atoms with Gasteiger partial charge in [-0.1, -0.05) is 38.5 Å². The molecule has 3 saturated carbocycles. The number of hydrogen-bond donors (Lipinski definition) is 1. The molecular formula is C20H28O2. The average molecular weight is 300 g/mol. The highest BCUT2D eigenvalue weighted by molar-refractivity contribution is 5.90. The molecule has 0 spiro atoms. The second-order valence-electron chi connectivity index (χ2n) is 8.77. The summed E-state index contributed by atoms with van der Waals surface area (Å²) in [6.07, 6.45) is 15.7. The van der Waals surface area contributed by atoms with E-state index in [9.17, 15) is 9.90 Å². The van der Waals surface area contributed by atoms with Crippen LogP contribution >= 0.6 is 0 Å². The Balaban J connectivity index is 1.65. The van der Waals surface area contributed by atoms with E-state index in [4.69, 9.17) is 0 Å². The van der Waals surface area contributed by atoms with E-state index in [0.717, 1.165) is 17.8 Å². The van der Waals surface area contributed by atoms with Crippen molar-refractivity contribution in [2.45, 2.75) is 58.8 Å². The van der Waals surface area contributed by atoms with Crippen LogP contribution in [-0.2, 0) is 4.79 Å². The first-order valence-electron chi connectivity index (χ1n) is 9.08. The van der Waals surface area contributed by atoms with E-state index in [1.807, 2.05) is 6.08 Å².